The average Bonchev–Trinajstić information content (AvgIpc) is 3.02. The van der Waals surface area contributed by atoms with Gasteiger partial charge in [0.1, 0.15) is 0 Å². The molecule has 15 heavy (non-hydrogen) atoms. The van der Waals surface area contributed by atoms with E-state index in [9.17, 15) is 4.79 Å². The van der Waals surface area contributed by atoms with E-state index in [1.165, 1.54) is 12.8 Å². The predicted molar refractivity (Wildman–Crippen MR) is 64.2 cm³/mol. The summed E-state index contributed by atoms with van der Waals surface area (Å²) in [6.07, 6.45) is 2.43. The Balaban J connectivity index is 2.00. The lowest BCUT2D eigenvalue weighted by Crippen LogP contribution is -2.24. The van der Waals surface area contributed by atoms with Crippen LogP contribution in [-0.2, 0) is 0 Å². The first-order valence-electron chi connectivity index (χ1n) is 5.19. The summed E-state index contributed by atoms with van der Waals surface area (Å²) in [5, 5.41) is 3.23. The molecular weight excluding hydrogens is 254 g/mol. The second kappa shape index (κ2) is 4.45. The van der Waals surface area contributed by atoms with E-state index in [4.69, 9.17) is 0 Å². The number of Topliss-reactive ketones (excluding diaryl/α,β-unsaturated/α-hetero) is 1. The number of rotatable bonds is 4. The number of nitrogens with one attached hydrogen (secondary N) is 1. The second-order valence-electron chi connectivity index (χ2n) is 4.04. The number of carbonyl (C=O) groups excluding carboxylic acids is 1. The van der Waals surface area contributed by atoms with E-state index in [2.05, 4.69) is 21.2 Å². The number of ketones is 1. The van der Waals surface area contributed by atoms with Crippen molar-refractivity contribution in [1.29, 1.82) is 0 Å². The van der Waals surface area contributed by atoms with Gasteiger partial charge in [0.2, 0.25) is 0 Å². The molecule has 0 aromatic heterocycles. The molecule has 1 aliphatic rings. The topological polar surface area (TPSA) is 29.1 Å². The molecule has 1 saturated carbocycles. The zero-order chi connectivity index (χ0) is 10.8. The van der Waals surface area contributed by atoms with Crippen LogP contribution in [0.25, 0.3) is 0 Å². The van der Waals surface area contributed by atoms with Crippen LogP contribution in [0.4, 0.5) is 0 Å². The molecule has 0 bridgehead atoms. The van der Waals surface area contributed by atoms with Crippen LogP contribution in [0.2, 0.25) is 0 Å². The van der Waals surface area contributed by atoms with E-state index in [0.717, 1.165) is 15.6 Å². The van der Waals surface area contributed by atoms with Gasteiger partial charge in [0, 0.05) is 16.1 Å². The Bertz CT molecular complexity index is 385. The first kappa shape index (κ1) is 10.8. The third-order valence-corrected chi connectivity index (χ3v) is 3.50. The van der Waals surface area contributed by atoms with Crippen LogP contribution in [0.5, 0.6) is 0 Å². The monoisotopic (exact) mass is 267 g/mol. The number of benzene rings is 1. The molecule has 3 heteroatoms. The molecule has 0 aliphatic heterocycles. The molecule has 0 heterocycles. The fraction of sp³-hybridized carbons (Fsp3) is 0.417. The Morgan fingerprint density at radius 3 is 2.87 bits per heavy atom. The highest BCUT2D eigenvalue weighted by Crippen LogP contribution is 2.19. The zero-order valence-corrected chi connectivity index (χ0v) is 10.3. The normalized spacial score (nSPS) is 15.3. The van der Waals surface area contributed by atoms with Gasteiger partial charge in [-0.05, 0) is 37.5 Å². The lowest BCUT2D eigenvalue weighted by atomic mass is 10.1. The van der Waals surface area contributed by atoms with Crippen molar-refractivity contribution < 1.29 is 4.79 Å². The van der Waals surface area contributed by atoms with Crippen molar-refractivity contribution in [2.45, 2.75) is 25.8 Å². The fourth-order valence-electron chi connectivity index (χ4n) is 1.44. The fourth-order valence-corrected chi connectivity index (χ4v) is 1.69. The minimum atomic E-state index is 0.178. The maximum absolute atomic E-state index is 11.8. The first-order chi connectivity index (χ1) is 7.16. The van der Waals surface area contributed by atoms with Crippen LogP contribution in [0, 0.1) is 6.92 Å². The summed E-state index contributed by atoms with van der Waals surface area (Å²) in [6.45, 7) is 2.46. The molecule has 1 aliphatic carbocycles. The second-order valence-corrected chi connectivity index (χ2v) is 4.90. The molecule has 0 atom stereocenters. The highest BCUT2D eigenvalue weighted by Gasteiger charge is 2.21. The minimum Gasteiger partial charge on any atom is -0.307 e. The van der Waals surface area contributed by atoms with Gasteiger partial charge >= 0.3 is 0 Å². The summed E-state index contributed by atoms with van der Waals surface area (Å²) in [4.78, 5) is 11.8. The minimum absolute atomic E-state index is 0.178. The standard InChI is InChI=1S/C12H14BrNO/c1-8-6-9(2-5-11(8)13)12(15)7-14-10-3-4-10/h2,5-6,10,14H,3-4,7H2,1H3. The van der Waals surface area contributed by atoms with Crippen molar-refractivity contribution in [3.63, 3.8) is 0 Å². The van der Waals surface area contributed by atoms with Gasteiger partial charge in [-0.15, -0.1) is 0 Å². The SMILES string of the molecule is Cc1cc(C(=O)CNC2CC2)ccc1Br. The molecule has 0 radical (unpaired) electrons. The Morgan fingerprint density at radius 2 is 2.27 bits per heavy atom. The lowest BCUT2D eigenvalue weighted by molar-refractivity contribution is 0.0990. The Morgan fingerprint density at radius 1 is 1.53 bits per heavy atom. The van der Waals surface area contributed by atoms with Crippen molar-refractivity contribution in [2.24, 2.45) is 0 Å². The molecule has 80 valence electrons. The summed E-state index contributed by atoms with van der Waals surface area (Å²) in [6, 6.07) is 6.32. The van der Waals surface area contributed by atoms with Gasteiger partial charge in [-0.25, -0.2) is 0 Å². The van der Waals surface area contributed by atoms with E-state index < -0.39 is 0 Å². The number of hydrogen-bond acceptors (Lipinski definition) is 2. The number of aryl methyl sites for hydroxylation is 1. The van der Waals surface area contributed by atoms with Crippen LogP contribution >= 0.6 is 15.9 Å². The van der Waals surface area contributed by atoms with Gasteiger partial charge in [0.25, 0.3) is 0 Å². The van der Waals surface area contributed by atoms with Crippen molar-refractivity contribution in [2.75, 3.05) is 6.54 Å². The predicted octanol–water partition coefficient (Wildman–Crippen LogP) is 2.69. The summed E-state index contributed by atoms with van der Waals surface area (Å²) < 4.78 is 1.05. The van der Waals surface area contributed by atoms with Crippen molar-refractivity contribution >= 4 is 21.7 Å². The van der Waals surface area contributed by atoms with E-state index >= 15 is 0 Å². The van der Waals surface area contributed by atoms with Gasteiger partial charge < -0.3 is 5.32 Å². The summed E-state index contributed by atoms with van der Waals surface area (Å²) in [5.74, 6) is 0.178. The first-order valence-corrected chi connectivity index (χ1v) is 5.99. The molecule has 2 rings (SSSR count). The Kier molecular flexibility index (Phi) is 3.22. The maximum atomic E-state index is 11.8. The van der Waals surface area contributed by atoms with Crippen LogP contribution in [-0.4, -0.2) is 18.4 Å². The highest BCUT2D eigenvalue weighted by atomic mass is 79.9. The Labute approximate surface area is 98.2 Å². The quantitative estimate of drug-likeness (QED) is 0.851. The molecule has 2 nitrogen and oxygen atoms in total. The van der Waals surface area contributed by atoms with Crippen molar-refractivity contribution in [1.82, 2.24) is 5.32 Å². The van der Waals surface area contributed by atoms with Gasteiger partial charge in [-0.1, -0.05) is 22.0 Å². The molecule has 1 aromatic rings. The van der Waals surface area contributed by atoms with Crippen LogP contribution in [0.3, 0.4) is 0 Å². The van der Waals surface area contributed by atoms with Crippen molar-refractivity contribution in [3.05, 3.63) is 33.8 Å². The Hall–Kier alpha value is -0.670. The van der Waals surface area contributed by atoms with Crippen LogP contribution in [0.15, 0.2) is 22.7 Å². The molecule has 0 unspecified atom stereocenters. The van der Waals surface area contributed by atoms with Crippen molar-refractivity contribution in [3.8, 4) is 0 Å². The highest BCUT2D eigenvalue weighted by molar-refractivity contribution is 9.10. The van der Waals surface area contributed by atoms with Gasteiger partial charge in [-0.3, -0.25) is 4.79 Å². The molecule has 1 fully saturated rings. The molecular formula is C12H14BrNO. The maximum Gasteiger partial charge on any atom is 0.176 e. The van der Waals surface area contributed by atoms with Gasteiger partial charge in [0.05, 0.1) is 6.54 Å². The molecule has 0 saturated heterocycles. The van der Waals surface area contributed by atoms with Crippen LogP contribution in [0.1, 0.15) is 28.8 Å². The third-order valence-electron chi connectivity index (χ3n) is 2.61. The molecule has 1 aromatic carbocycles. The van der Waals surface area contributed by atoms with E-state index in [1.807, 2.05) is 25.1 Å². The molecule has 0 spiro atoms. The largest absolute Gasteiger partial charge is 0.307 e. The molecule has 0 amide bonds. The third kappa shape index (κ3) is 2.89. The number of carbonyl (C=O) groups is 1. The lowest BCUT2D eigenvalue weighted by Gasteiger charge is -2.04. The average molecular weight is 268 g/mol. The van der Waals surface area contributed by atoms with Gasteiger partial charge in [-0.2, -0.15) is 0 Å². The summed E-state index contributed by atoms with van der Waals surface area (Å²) >= 11 is 3.42. The zero-order valence-electron chi connectivity index (χ0n) is 8.72. The van der Waals surface area contributed by atoms with E-state index in [1.54, 1.807) is 0 Å². The van der Waals surface area contributed by atoms with Crippen LogP contribution < -0.4 is 5.32 Å². The number of hydrogen-bond donors (Lipinski definition) is 1. The summed E-state index contributed by atoms with van der Waals surface area (Å²) in [7, 11) is 0. The van der Waals surface area contributed by atoms with E-state index in [-0.39, 0.29) is 5.78 Å². The smallest absolute Gasteiger partial charge is 0.176 e. The summed E-state index contributed by atoms with van der Waals surface area (Å²) in [5.41, 5.74) is 1.90. The molecule has 1 N–H and O–H groups in total. The van der Waals surface area contributed by atoms with Gasteiger partial charge in [0.15, 0.2) is 5.78 Å². The number of halogens is 1. The van der Waals surface area contributed by atoms with E-state index in [0.29, 0.717) is 12.6 Å².